The number of H-pyrrole nitrogens is 1. The van der Waals surface area contributed by atoms with Gasteiger partial charge in [-0.05, 0) is 36.8 Å². The number of fused-ring (bicyclic) bond motifs is 1. The molecule has 0 aliphatic heterocycles. The number of aromatic amines is 1. The van der Waals surface area contributed by atoms with E-state index in [1.165, 1.54) is 0 Å². The molecule has 24 heavy (non-hydrogen) atoms. The Labute approximate surface area is 139 Å². The molecular formula is C19H18N2O3. The molecule has 0 bridgehead atoms. The summed E-state index contributed by atoms with van der Waals surface area (Å²) in [6.45, 7) is 2.02. The van der Waals surface area contributed by atoms with E-state index >= 15 is 0 Å². The van der Waals surface area contributed by atoms with Crippen LogP contribution in [-0.4, -0.2) is 29.4 Å². The molecule has 5 heteroatoms. The van der Waals surface area contributed by atoms with Crippen molar-refractivity contribution in [2.24, 2.45) is 0 Å². The van der Waals surface area contributed by atoms with Gasteiger partial charge in [0, 0.05) is 5.39 Å². The van der Waals surface area contributed by atoms with E-state index in [0.717, 1.165) is 22.2 Å². The van der Waals surface area contributed by atoms with Gasteiger partial charge in [-0.15, -0.1) is 0 Å². The zero-order chi connectivity index (χ0) is 16.8. The second-order valence-electron chi connectivity index (χ2n) is 5.15. The van der Waals surface area contributed by atoms with Crippen LogP contribution in [0.25, 0.3) is 23.1 Å². The van der Waals surface area contributed by atoms with Gasteiger partial charge in [-0.1, -0.05) is 36.4 Å². The molecule has 0 saturated heterocycles. The zero-order valence-electron chi connectivity index (χ0n) is 13.4. The maximum absolute atomic E-state index is 11.3. The van der Waals surface area contributed by atoms with Crippen molar-refractivity contribution >= 4 is 29.0 Å². The number of nitrogens with zero attached hydrogens (tertiary/aromatic N) is 1. The molecule has 0 aliphatic carbocycles. The molecule has 1 heterocycles. The average Bonchev–Trinajstić information content (AvgIpc) is 3.02. The Balaban J connectivity index is 1.71. The highest BCUT2D eigenvalue weighted by molar-refractivity contribution is 5.89. The molecule has 2 aromatic carbocycles. The van der Waals surface area contributed by atoms with Crippen LogP contribution in [0.1, 0.15) is 18.2 Å². The van der Waals surface area contributed by atoms with Crippen LogP contribution in [0, 0.1) is 0 Å². The molecule has 0 saturated carbocycles. The van der Waals surface area contributed by atoms with E-state index < -0.39 is 0 Å². The molecule has 0 radical (unpaired) electrons. The lowest BCUT2D eigenvalue weighted by molar-refractivity contribution is -0.145. The van der Waals surface area contributed by atoms with Crippen LogP contribution in [0.15, 0.2) is 48.5 Å². The summed E-state index contributed by atoms with van der Waals surface area (Å²) in [5.41, 5.74) is 2.84. The third-order valence-electron chi connectivity index (χ3n) is 3.45. The van der Waals surface area contributed by atoms with Gasteiger partial charge in [0.2, 0.25) is 0 Å². The molecule has 0 atom stereocenters. The minimum Gasteiger partial charge on any atom is -0.482 e. The number of para-hydroxylation sites is 1. The van der Waals surface area contributed by atoms with Crippen molar-refractivity contribution in [2.45, 2.75) is 6.92 Å². The van der Waals surface area contributed by atoms with E-state index in [1.54, 1.807) is 13.0 Å². The fourth-order valence-corrected chi connectivity index (χ4v) is 2.34. The molecule has 0 fully saturated rings. The number of benzene rings is 2. The van der Waals surface area contributed by atoms with Gasteiger partial charge in [0.05, 0.1) is 17.8 Å². The van der Waals surface area contributed by atoms with Crippen LogP contribution in [-0.2, 0) is 9.53 Å². The van der Waals surface area contributed by atoms with Crippen LogP contribution in [0.5, 0.6) is 5.75 Å². The highest BCUT2D eigenvalue weighted by Crippen LogP contribution is 2.19. The van der Waals surface area contributed by atoms with E-state index in [0.29, 0.717) is 12.4 Å². The van der Waals surface area contributed by atoms with Gasteiger partial charge in [0.25, 0.3) is 0 Å². The Morgan fingerprint density at radius 3 is 2.92 bits per heavy atom. The number of aromatic nitrogens is 2. The number of nitrogens with one attached hydrogen (secondary N) is 1. The normalized spacial score (nSPS) is 11.0. The third kappa shape index (κ3) is 3.81. The second kappa shape index (κ2) is 7.46. The third-order valence-corrected chi connectivity index (χ3v) is 3.45. The Morgan fingerprint density at radius 1 is 1.17 bits per heavy atom. The first kappa shape index (κ1) is 15.8. The number of rotatable bonds is 6. The number of hydrogen-bond donors (Lipinski definition) is 1. The Bertz CT molecular complexity index is 868. The number of hydrogen-bond acceptors (Lipinski definition) is 4. The van der Waals surface area contributed by atoms with Crippen LogP contribution in [0.4, 0.5) is 0 Å². The van der Waals surface area contributed by atoms with Crippen molar-refractivity contribution < 1.29 is 14.3 Å². The first-order valence-corrected chi connectivity index (χ1v) is 7.76. The maximum atomic E-state index is 11.3. The molecule has 1 aromatic heterocycles. The second-order valence-corrected chi connectivity index (χ2v) is 5.15. The predicted octanol–water partition coefficient (Wildman–Crippen LogP) is 3.68. The largest absolute Gasteiger partial charge is 0.482 e. The summed E-state index contributed by atoms with van der Waals surface area (Å²) in [5.74, 6) is 0.249. The van der Waals surface area contributed by atoms with Crippen molar-refractivity contribution in [3.8, 4) is 5.75 Å². The monoisotopic (exact) mass is 322 g/mol. The van der Waals surface area contributed by atoms with Crippen LogP contribution < -0.4 is 4.74 Å². The maximum Gasteiger partial charge on any atom is 0.344 e. The molecule has 1 N–H and O–H groups in total. The summed E-state index contributed by atoms with van der Waals surface area (Å²) in [4.78, 5) is 11.3. The average molecular weight is 322 g/mol. The molecule has 5 nitrogen and oxygen atoms in total. The van der Waals surface area contributed by atoms with Gasteiger partial charge in [-0.2, -0.15) is 5.10 Å². The Kier molecular flexibility index (Phi) is 4.91. The lowest BCUT2D eigenvalue weighted by Gasteiger charge is -2.06. The summed E-state index contributed by atoms with van der Waals surface area (Å²) in [5, 5.41) is 8.38. The zero-order valence-corrected chi connectivity index (χ0v) is 13.4. The molecule has 122 valence electrons. The molecule has 3 rings (SSSR count). The number of carbonyl (C=O) groups is 1. The highest BCUT2D eigenvalue weighted by atomic mass is 16.6. The summed E-state index contributed by atoms with van der Waals surface area (Å²) in [6, 6.07) is 15.5. The van der Waals surface area contributed by atoms with Crippen molar-refractivity contribution in [1.29, 1.82) is 0 Å². The number of esters is 1. The number of carbonyl (C=O) groups excluding carboxylic acids is 1. The summed E-state index contributed by atoms with van der Waals surface area (Å²) in [6.07, 6.45) is 3.91. The molecule has 0 amide bonds. The minimum atomic E-state index is -0.374. The van der Waals surface area contributed by atoms with Gasteiger partial charge in [0.15, 0.2) is 6.61 Å². The summed E-state index contributed by atoms with van der Waals surface area (Å²) < 4.78 is 10.3. The van der Waals surface area contributed by atoms with E-state index in [4.69, 9.17) is 9.47 Å². The van der Waals surface area contributed by atoms with Crippen LogP contribution >= 0.6 is 0 Å². The number of ether oxygens (including phenoxy) is 2. The molecule has 3 aromatic rings. The molecular weight excluding hydrogens is 304 g/mol. The predicted molar refractivity (Wildman–Crippen MR) is 93.6 cm³/mol. The topological polar surface area (TPSA) is 64.2 Å². The van der Waals surface area contributed by atoms with Crippen LogP contribution in [0.2, 0.25) is 0 Å². The van der Waals surface area contributed by atoms with Crippen molar-refractivity contribution in [3.63, 3.8) is 0 Å². The van der Waals surface area contributed by atoms with Gasteiger partial charge in [-0.3, -0.25) is 5.10 Å². The van der Waals surface area contributed by atoms with Crippen molar-refractivity contribution in [1.82, 2.24) is 10.2 Å². The van der Waals surface area contributed by atoms with Gasteiger partial charge in [0.1, 0.15) is 5.75 Å². The fourth-order valence-electron chi connectivity index (χ4n) is 2.34. The smallest absolute Gasteiger partial charge is 0.344 e. The van der Waals surface area contributed by atoms with Crippen LogP contribution in [0.3, 0.4) is 0 Å². The van der Waals surface area contributed by atoms with Gasteiger partial charge < -0.3 is 9.47 Å². The lowest BCUT2D eigenvalue weighted by atomic mass is 10.1. The van der Waals surface area contributed by atoms with E-state index in [2.05, 4.69) is 10.2 Å². The van der Waals surface area contributed by atoms with Gasteiger partial charge in [-0.25, -0.2) is 4.79 Å². The van der Waals surface area contributed by atoms with Gasteiger partial charge >= 0.3 is 5.97 Å². The quantitative estimate of drug-likeness (QED) is 0.703. The summed E-state index contributed by atoms with van der Waals surface area (Å²) >= 11 is 0. The summed E-state index contributed by atoms with van der Waals surface area (Å²) in [7, 11) is 0. The minimum absolute atomic E-state index is 0.0923. The van der Waals surface area contributed by atoms with E-state index in [1.807, 2.05) is 54.6 Å². The van der Waals surface area contributed by atoms with Crippen molar-refractivity contribution in [2.75, 3.05) is 13.2 Å². The fraction of sp³-hybridized carbons (Fsp3) is 0.158. The SMILES string of the molecule is CCOC(=O)COc1cccc(/C=C/c2n[nH]c3ccccc23)c1. The Morgan fingerprint density at radius 2 is 2.04 bits per heavy atom. The van der Waals surface area contributed by atoms with Crippen molar-refractivity contribution in [3.05, 3.63) is 59.8 Å². The van der Waals surface area contributed by atoms with E-state index in [-0.39, 0.29) is 12.6 Å². The first-order chi connectivity index (χ1) is 11.8. The highest BCUT2D eigenvalue weighted by Gasteiger charge is 2.04. The molecule has 0 aliphatic rings. The lowest BCUT2D eigenvalue weighted by Crippen LogP contribution is -2.14. The van der Waals surface area contributed by atoms with E-state index in [9.17, 15) is 4.79 Å². The standard InChI is InChI=1S/C19H18N2O3/c1-2-23-19(22)13-24-15-7-5-6-14(12-15)10-11-18-16-8-3-4-9-17(16)20-21-18/h3-12H,2,13H2,1H3,(H,20,21)/b11-10+. The Hall–Kier alpha value is -3.08. The molecule has 0 spiro atoms. The molecule has 0 unspecified atom stereocenters. The first-order valence-electron chi connectivity index (χ1n) is 7.76.